The van der Waals surface area contributed by atoms with Crippen LogP contribution in [0, 0.1) is 6.92 Å². The number of hydrogen-bond donors (Lipinski definition) is 1. The maximum atomic E-state index is 12.3. The molecule has 0 unspecified atom stereocenters. The predicted octanol–water partition coefficient (Wildman–Crippen LogP) is 2.37. The number of amides is 1. The quantitative estimate of drug-likeness (QED) is 0.879. The van der Waals surface area contributed by atoms with Crippen molar-refractivity contribution in [3.63, 3.8) is 0 Å². The van der Waals surface area contributed by atoms with Gasteiger partial charge in [-0.3, -0.25) is 9.69 Å². The highest BCUT2D eigenvalue weighted by Gasteiger charge is 2.16. The number of aryl methyl sites for hydroxylation is 1. The number of carbonyl (C=O) groups is 1. The normalized spacial score (nSPS) is 10.1. The Hall–Kier alpha value is -2.36. The van der Waals surface area contributed by atoms with E-state index in [1.54, 1.807) is 44.4 Å². The van der Waals surface area contributed by atoms with Crippen LogP contribution in [0.15, 0.2) is 42.6 Å². The molecule has 0 saturated heterocycles. The molecule has 0 aliphatic rings. The minimum Gasteiger partial charge on any atom is -0.508 e. The van der Waals surface area contributed by atoms with E-state index >= 15 is 0 Å². The number of rotatable bonds is 2. The number of hydrogen-bond acceptors (Lipinski definition) is 3. The van der Waals surface area contributed by atoms with E-state index in [2.05, 4.69) is 4.98 Å². The zero-order valence-electron chi connectivity index (χ0n) is 10.3. The average molecular weight is 242 g/mol. The molecule has 92 valence electrons. The van der Waals surface area contributed by atoms with E-state index in [1.807, 2.05) is 6.07 Å². The highest BCUT2D eigenvalue weighted by atomic mass is 16.3. The van der Waals surface area contributed by atoms with Crippen LogP contribution in [0.25, 0.3) is 0 Å². The minimum absolute atomic E-state index is 0.147. The first-order chi connectivity index (χ1) is 8.59. The van der Waals surface area contributed by atoms with E-state index in [4.69, 9.17) is 0 Å². The highest BCUT2D eigenvalue weighted by Crippen LogP contribution is 2.19. The molecule has 0 spiro atoms. The lowest BCUT2D eigenvalue weighted by Crippen LogP contribution is -2.27. The van der Waals surface area contributed by atoms with Crippen LogP contribution in [0.3, 0.4) is 0 Å². The Balaban J connectivity index is 2.32. The standard InChI is InChI=1S/C14H14N2O2/c1-10-9-11(17)6-7-12(10)14(18)16(2)13-5-3-4-8-15-13/h3-9,17H,1-2H3. The molecular formula is C14H14N2O2. The average Bonchev–Trinajstić information content (AvgIpc) is 2.38. The second kappa shape index (κ2) is 4.87. The van der Waals surface area contributed by atoms with Gasteiger partial charge in [-0.15, -0.1) is 0 Å². The minimum atomic E-state index is -0.147. The third-order valence-electron chi connectivity index (χ3n) is 2.74. The molecule has 1 aromatic heterocycles. The van der Waals surface area contributed by atoms with Crippen LogP contribution in [-0.2, 0) is 0 Å². The van der Waals surface area contributed by atoms with Crippen molar-refractivity contribution in [2.75, 3.05) is 11.9 Å². The van der Waals surface area contributed by atoms with E-state index < -0.39 is 0 Å². The number of pyridine rings is 1. The molecule has 1 heterocycles. The van der Waals surface area contributed by atoms with Gasteiger partial charge in [0, 0.05) is 18.8 Å². The Morgan fingerprint density at radius 1 is 1.28 bits per heavy atom. The van der Waals surface area contributed by atoms with Gasteiger partial charge in [0.15, 0.2) is 0 Å². The molecular weight excluding hydrogens is 228 g/mol. The summed E-state index contributed by atoms with van der Waals surface area (Å²) >= 11 is 0. The fraction of sp³-hybridized carbons (Fsp3) is 0.143. The summed E-state index contributed by atoms with van der Waals surface area (Å²) in [4.78, 5) is 17.9. The van der Waals surface area contributed by atoms with E-state index in [1.165, 1.54) is 11.0 Å². The van der Waals surface area contributed by atoms with Crippen molar-refractivity contribution in [1.29, 1.82) is 0 Å². The van der Waals surface area contributed by atoms with Gasteiger partial charge in [-0.2, -0.15) is 0 Å². The molecule has 1 aromatic carbocycles. The first-order valence-electron chi connectivity index (χ1n) is 5.58. The van der Waals surface area contributed by atoms with Crippen LogP contribution in [0.1, 0.15) is 15.9 Å². The Bertz CT molecular complexity index is 567. The first-order valence-corrected chi connectivity index (χ1v) is 5.58. The molecule has 0 bridgehead atoms. The Morgan fingerprint density at radius 3 is 2.67 bits per heavy atom. The van der Waals surface area contributed by atoms with E-state index in [0.717, 1.165) is 5.56 Å². The summed E-state index contributed by atoms with van der Waals surface area (Å²) in [6.45, 7) is 1.79. The second-order valence-electron chi connectivity index (χ2n) is 4.05. The zero-order chi connectivity index (χ0) is 13.1. The fourth-order valence-corrected chi connectivity index (χ4v) is 1.72. The van der Waals surface area contributed by atoms with Crippen LogP contribution in [0.2, 0.25) is 0 Å². The molecule has 0 atom stereocenters. The van der Waals surface area contributed by atoms with E-state index in [9.17, 15) is 9.90 Å². The molecule has 1 amide bonds. The van der Waals surface area contributed by atoms with Crippen molar-refractivity contribution >= 4 is 11.7 Å². The molecule has 0 saturated carbocycles. The van der Waals surface area contributed by atoms with Gasteiger partial charge in [0.1, 0.15) is 11.6 Å². The lowest BCUT2D eigenvalue weighted by atomic mass is 10.1. The smallest absolute Gasteiger partial charge is 0.259 e. The van der Waals surface area contributed by atoms with Gasteiger partial charge < -0.3 is 5.11 Å². The van der Waals surface area contributed by atoms with Crippen molar-refractivity contribution in [3.8, 4) is 5.75 Å². The summed E-state index contributed by atoms with van der Waals surface area (Å²) in [6.07, 6.45) is 1.64. The van der Waals surface area contributed by atoms with Crippen molar-refractivity contribution in [1.82, 2.24) is 4.98 Å². The fourth-order valence-electron chi connectivity index (χ4n) is 1.72. The van der Waals surface area contributed by atoms with Gasteiger partial charge in [0.25, 0.3) is 5.91 Å². The largest absolute Gasteiger partial charge is 0.508 e. The lowest BCUT2D eigenvalue weighted by Gasteiger charge is -2.17. The highest BCUT2D eigenvalue weighted by molar-refractivity contribution is 6.06. The van der Waals surface area contributed by atoms with Crippen molar-refractivity contribution < 1.29 is 9.90 Å². The number of phenolic OH excluding ortho intramolecular Hbond substituents is 1. The molecule has 4 heteroatoms. The number of phenols is 1. The topological polar surface area (TPSA) is 53.4 Å². The maximum absolute atomic E-state index is 12.3. The monoisotopic (exact) mass is 242 g/mol. The van der Waals surface area contributed by atoms with E-state index in [-0.39, 0.29) is 11.7 Å². The summed E-state index contributed by atoms with van der Waals surface area (Å²) < 4.78 is 0. The van der Waals surface area contributed by atoms with Crippen molar-refractivity contribution in [3.05, 3.63) is 53.7 Å². The molecule has 2 aromatic rings. The summed E-state index contributed by atoms with van der Waals surface area (Å²) in [5.41, 5.74) is 1.30. The molecule has 1 N–H and O–H groups in total. The number of anilines is 1. The van der Waals surface area contributed by atoms with Crippen LogP contribution in [-0.4, -0.2) is 23.0 Å². The molecule has 18 heavy (non-hydrogen) atoms. The van der Waals surface area contributed by atoms with E-state index in [0.29, 0.717) is 11.4 Å². The molecule has 0 aliphatic heterocycles. The molecule has 0 fully saturated rings. The predicted molar refractivity (Wildman–Crippen MR) is 69.8 cm³/mol. The lowest BCUT2D eigenvalue weighted by molar-refractivity contribution is 0.0991. The SMILES string of the molecule is Cc1cc(O)ccc1C(=O)N(C)c1ccccn1. The third kappa shape index (κ3) is 2.32. The van der Waals surface area contributed by atoms with Gasteiger partial charge in [-0.1, -0.05) is 6.07 Å². The number of benzene rings is 1. The van der Waals surface area contributed by atoms with Gasteiger partial charge in [0.2, 0.25) is 0 Å². The molecule has 2 rings (SSSR count). The summed E-state index contributed by atoms with van der Waals surface area (Å²) in [5.74, 6) is 0.603. The zero-order valence-corrected chi connectivity index (χ0v) is 10.3. The molecule has 4 nitrogen and oxygen atoms in total. The van der Waals surface area contributed by atoms with Crippen LogP contribution in [0.5, 0.6) is 5.75 Å². The van der Waals surface area contributed by atoms with Crippen LogP contribution in [0.4, 0.5) is 5.82 Å². The van der Waals surface area contributed by atoms with Gasteiger partial charge >= 0.3 is 0 Å². The summed E-state index contributed by atoms with van der Waals surface area (Å²) in [5, 5.41) is 9.34. The second-order valence-corrected chi connectivity index (χ2v) is 4.05. The van der Waals surface area contributed by atoms with Crippen molar-refractivity contribution in [2.45, 2.75) is 6.92 Å². The molecule has 0 radical (unpaired) electrons. The summed E-state index contributed by atoms with van der Waals surface area (Å²) in [6, 6.07) is 10.1. The van der Waals surface area contributed by atoms with Gasteiger partial charge in [-0.05, 0) is 42.8 Å². The maximum Gasteiger partial charge on any atom is 0.259 e. The van der Waals surface area contributed by atoms with Gasteiger partial charge in [-0.25, -0.2) is 4.98 Å². The number of aromatic nitrogens is 1. The summed E-state index contributed by atoms with van der Waals surface area (Å²) in [7, 11) is 1.68. The van der Waals surface area contributed by atoms with Gasteiger partial charge in [0.05, 0.1) is 0 Å². The number of nitrogens with zero attached hydrogens (tertiary/aromatic N) is 2. The molecule has 0 aliphatic carbocycles. The van der Waals surface area contributed by atoms with Crippen LogP contribution >= 0.6 is 0 Å². The first kappa shape index (κ1) is 12.1. The Morgan fingerprint density at radius 2 is 2.06 bits per heavy atom. The Labute approximate surface area is 106 Å². The number of aromatic hydroxyl groups is 1. The van der Waals surface area contributed by atoms with Crippen molar-refractivity contribution in [2.24, 2.45) is 0 Å². The third-order valence-corrected chi connectivity index (χ3v) is 2.74. The van der Waals surface area contributed by atoms with Crippen LogP contribution < -0.4 is 4.90 Å². The Kier molecular flexibility index (Phi) is 3.28. The number of carbonyl (C=O) groups excluding carboxylic acids is 1.